The second-order valence-corrected chi connectivity index (χ2v) is 6.11. The molecule has 22 heavy (non-hydrogen) atoms. The van der Waals surface area contributed by atoms with Crippen LogP contribution in [0.25, 0.3) is 0 Å². The monoisotopic (exact) mass is 297 g/mol. The van der Waals surface area contributed by atoms with Crippen LogP contribution < -0.4 is 0 Å². The van der Waals surface area contributed by atoms with Crippen molar-refractivity contribution in [3.63, 3.8) is 0 Å². The number of ether oxygens (including phenoxy) is 1. The van der Waals surface area contributed by atoms with Crippen molar-refractivity contribution in [2.75, 3.05) is 6.61 Å². The first-order valence-electron chi connectivity index (χ1n) is 7.80. The maximum Gasteiger partial charge on any atom is 0.331 e. The molecule has 4 atom stereocenters. The van der Waals surface area contributed by atoms with E-state index in [1.807, 2.05) is 24.3 Å². The molecule has 2 saturated carbocycles. The van der Waals surface area contributed by atoms with E-state index in [9.17, 15) is 14.9 Å². The summed E-state index contributed by atoms with van der Waals surface area (Å²) in [5.41, 5.74) is -0.524. The molecule has 3 aliphatic carbocycles. The van der Waals surface area contributed by atoms with Gasteiger partial charge in [0.15, 0.2) is 5.41 Å². The number of carbonyl (C=O) groups is 2. The van der Waals surface area contributed by atoms with Crippen LogP contribution in [-0.2, 0) is 14.3 Å². The highest BCUT2D eigenvalue weighted by Gasteiger charge is 2.63. The zero-order valence-electron chi connectivity index (χ0n) is 12.6. The average molecular weight is 297 g/mol. The van der Waals surface area contributed by atoms with E-state index in [0.717, 1.165) is 12.0 Å². The van der Waals surface area contributed by atoms with E-state index in [2.05, 4.69) is 12.1 Å². The van der Waals surface area contributed by atoms with Gasteiger partial charge in [-0.15, -0.1) is 0 Å². The summed E-state index contributed by atoms with van der Waals surface area (Å²) in [7, 11) is 0. The summed E-state index contributed by atoms with van der Waals surface area (Å²) < 4.78 is 5.23. The first-order chi connectivity index (χ1) is 10.6. The third-order valence-electron chi connectivity index (χ3n) is 5.14. The van der Waals surface area contributed by atoms with Crippen molar-refractivity contribution in [2.24, 2.45) is 23.2 Å². The van der Waals surface area contributed by atoms with Crippen LogP contribution in [0.5, 0.6) is 0 Å². The second kappa shape index (κ2) is 5.57. The van der Waals surface area contributed by atoms with Crippen LogP contribution in [0.1, 0.15) is 26.2 Å². The molecular weight excluding hydrogens is 278 g/mol. The summed E-state index contributed by atoms with van der Waals surface area (Å²) >= 11 is 0. The number of allylic oxidation sites excluding steroid dienone is 5. The molecule has 3 rings (SSSR count). The topological polar surface area (TPSA) is 67.2 Å². The molecule has 0 aromatic carbocycles. The molecule has 0 saturated heterocycles. The second-order valence-electron chi connectivity index (χ2n) is 6.11. The molecule has 0 spiro atoms. The number of hydrogen-bond donors (Lipinski definition) is 0. The molecule has 3 aliphatic rings. The molecule has 0 N–H and O–H groups in total. The van der Waals surface area contributed by atoms with Crippen LogP contribution in [0.4, 0.5) is 0 Å². The Morgan fingerprint density at radius 2 is 2.27 bits per heavy atom. The Hall–Kier alpha value is -2.15. The summed E-state index contributed by atoms with van der Waals surface area (Å²) in [5, 5.41) is 9.92. The van der Waals surface area contributed by atoms with Gasteiger partial charge in [0.1, 0.15) is 5.78 Å². The minimum atomic E-state index is -1.32. The van der Waals surface area contributed by atoms with Gasteiger partial charge in [-0.2, -0.15) is 5.26 Å². The predicted molar refractivity (Wildman–Crippen MR) is 80.4 cm³/mol. The third kappa shape index (κ3) is 1.96. The van der Waals surface area contributed by atoms with E-state index >= 15 is 0 Å². The molecule has 0 heterocycles. The Kier molecular flexibility index (Phi) is 3.74. The van der Waals surface area contributed by atoms with Crippen molar-refractivity contribution in [1.82, 2.24) is 0 Å². The Morgan fingerprint density at radius 3 is 3.00 bits per heavy atom. The fourth-order valence-corrected chi connectivity index (χ4v) is 4.24. The van der Waals surface area contributed by atoms with E-state index in [1.54, 1.807) is 6.92 Å². The van der Waals surface area contributed by atoms with Gasteiger partial charge in [0.05, 0.1) is 12.7 Å². The van der Waals surface area contributed by atoms with Gasteiger partial charge < -0.3 is 4.74 Å². The van der Waals surface area contributed by atoms with E-state index in [4.69, 9.17) is 4.74 Å². The first kappa shape index (κ1) is 14.8. The lowest BCUT2D eigenvalue weighted by Crippen LogP contribution is -2.40. The summed E-state index contributed by atoms with van der Waals surface area (Å²) in [6.45, 7) is 1.97. The van der Waals surface area contributed by atoms with Crippen molar-refractivity contribution < 1.29 is 14.3 Å². The van der Waals surface area contributed by atoms with Crippen molar-refractivity contribution in [3.05, 3.63) is 36.0 Å². The number of rotatable bonds is 2. The van der Waals surface area contributed by atoms with Crippen LogP contribution in [-0.4, -0.2) is 18.4 Å². The lowest BCUT2D eigenvalue weighted by molar-refractivity contribution is -0.153. The number of hydrogen-bond acceptors (Lipinski definition) is 4. The van der Waals surface area contributed by atoms with Gasteiger partial charge in [-0.25, -0.2) is 4.79 Å². The quantitative estimate of drug-likeness (QED) is 0.735. The van der Waals surface area contributed by atoms with Gasteiger partial charge in [-0.05, 0) is 24.8 Å². The van der Waals surface area contributed by atoms with Crippen LogP contribution in [0.15, 0.2) is 36.0 Å². The van der Waals surface area contributed by atoms with Crippen molar-refractivity contribution in [2.45, 2.75) is 26.2 Å². The Balaban J connectivity index is 2.15. The number of ketones is 1. The van der Waals surface area contributed by atoms with Gasteiger partial charge >= 0.3 is 5.97 Å². The lowest BCUT2D eigenvalue weighted by Gasteiger charge is -2.32. The van der Waals surface area contributed by atoms with E-state index < -0.39 is 11.4 Å². The molecule has 0 aromatic heterocycles. The van der Waals surface area contributed by atoms with Crippen molar-refractivity contribution in [1.29, 1.82) is 5.26 Å². The molecule has 0 aliphatic heterocycles. The van der Waals surface area contributed by atoms with E-state index in [0.29, 0.717) is 12.8 Å². The van der Waals surface area contributed by atoms with Crippen molar-refractivity contribution in [3.8, 4) is 6.07 Å². The maximum absolute atomic E-state index is 12.7. The Bertz CT molecular complexity index is 637. The highest BCUT2D eigenvalue weighted by Crippen LogP contribution is 2.59. The number of carbonyl (C=O) groups excluding carboxylic acids is 2. The summed E-state index contributed by atoms with van der Waals surface area (Å²) in [6.07, 6.45) is 11.2. The minimum Gasteiger partial charge on any atom is -0.465 e. The van der Waals surface area contributed by atoms with Crippen LogP contribution in [0.2, 0.25) is 0 Å². The Morgan fingerprint density at radius 1 is 1.45 bits per heavy atom. The van der Waals surface area contributed by atoms with Crippen LogP contribution in [0, 0.1) is 34.5 Å². The molecule has 0 unspecified atom stereocenters. The number of esters is 1. The molecule has 4 nitrogen and oxygen atoms in total. The smallest absolute Gasteiger partial charge is 0.331 e. The molecule has 0 aromatic rings. The van der Waals surface area contributed by atoms with E-state index in [1.165, 1.54) is 0 Å². The minimum absolute atomic E-state index is 0.0390. The maximum atomic E-state index is 12.7. The van der Waals surface area contributed by atoms with E-state index in [-0.39, 0.29) is 30.1 Å². The number of nitriles is 1. The predicted octanol–water partition coefficient (Wildman–Crippen LogP) is 2.73. The molecule has 0 amide bonds. The lowest BCUT2D eigenvalue weighted by atomic mass is 9.68. The highest BCUT2D eigenvalue weighted by atomic mass is 16.5. The molecule has 4 heteroatoms. The third-order valence-corrected chi connectivity index (χ3v) is 5.14. The van der Waals surface area contributed by atoms with Gasteiger partial charge in [0, 0.05) is 24.7 Å². The zero-order chi connectivity index (χ0) is 15.7. The highest BCUT2D eigenvalue weighted by molar-refractivity contribution is 5.89. The first-order valence-corrected chi connectivity index (χ1v) is 7.80. The molecule has 114 valence electrons. The number of Topliss-reactive ketones (excluding diaryl/α,β-unsaturated/α-hetero) is 1. The Labute approximate surface area is 130 Å². The number of fused-ring (bicyclic) bond motifs is 3. The molecule has 2 fully saturated rings. The molecular formula is C18H19NO3. The fraction of sp³-hybridized carbons (Fsp3) is 0.500. The SMILES string of the molecule is CCOC(=O)[C@@]1(C#N)C2=CC=CC=C[C@@H]2[C@@H]2CCC(=O)C[C@@H]21. The fourth-order valence-electron chi connectivity index (χ4n) is 4.24. The standard InChI is InChI=1S/C18H19NO3/c1-2-22-17(21)18(11-19)15-7-5-3-4-6-13(15)14-9-8-12(20)10-16(14)18/h3-7,13-14,16H,2,8-10H2,1H3/t13-,14+,16+,18+/m1/s1. The van der Waals surface area contributed by atoms with Gasteiger partial charge in [0.2, 0.25) is 0 Å². The summed E-state index contributed by atoms with van der Waals surface area (Å²) in [6, 6.07) is 2.25. The normalized spacial score (nSPS) is 35.9. The van der Waals surface area contributed by atoms with Crippen LogP contribution >= 0.6 is 0 Å². The molecule has 0 bridgehead atoms. The van der Waals surface area contributed by atoms with Gasteiger partial charge in [-0.3, -0.25) is 4.79 Å². The average Bonchev–Trinajstić information content (AvgIpc) is 2.66. The van der Waals surface area contributed by atoms with Crippen LogP contribution in [0.3, 0.4) is 0 Å². The van der Waals surface area contributed by atoms with Crippen molar-refractivity contribution >= 4 is 11.8 Å². The summed E-state index contributed by atoms with van der Waals surface area (Å²) in [4.78, 5) is 24.6. The van der Waals surface area contributed by atoms with Gasteiger partial charge in [0.25, 0.3) is 0 Å². The largest absolute Gasteiger partial charge is 0.465 e. The number of nitrogens with zero attached hydrogens (tertiary/aromatic N) is 1. The zero-order valence-corrected chi connectivity index (χ0v) is 12.6. The molecule has 0 radical (unpaired) electrons. The van der Waals surface area contributed by atoms with Gasteiger partial charge in [-0.1, -0.05) is 30.4 Å². The summed E-state index contributed by atoms with van der Waals surface area (Å²) in [5.74, 6) is -0.437.